The van der Waals surface area contributed by atoms with E-state index in [1.165, 1.54) is 4.72 Å². The summed E-state index contributed by atoms with van der Waals surface area (Å²) in [7, 11) is -4.71. The van der Waals surface area contributed by atoms with Gasteiger partial charge in [0.15, 0.2) is 0 Å². The van der Waals surface area contributed by atoms with Crippen molar-refractivity contribution in [3.05, 3.63) is 27.2 Å². The van der Waals surface area contributed by atoms with Gasteiger partial charge in [-0.3, -0.25) is 0 Å². The van der Waals surface area contributed by atoms with Gasteiger partial charge in [-0.25, -0.2) is 17.2 Å². The average Bonchev–Trinajstić information content (AvgIpc) is 2.33. The molecule has 126 valence electrons. The molecule has 0 aromatic heterocycles. The van der Waals surface area contributed by atoms with Crippen LogP contribution in [0.1, 0.15) is 25.3 Å². The third kappa shape index (κ3) is 4.30. The third-order valence-corrected chi connectivity index (χ3v) is 5.42. The highest BCUT2D eigenvalue weighted by Crippen LogP contribution is 2.38. The summed E-state index contributed by atoms with van der Waals surface area (Å²) in [6, 6.07) is -0.507. The second kappa shape index (κ2) is 6.98. The van der Waals surface area contributed by atoms with Gasteiger partial charge < -0.3 is 0 Å². The highest BCUT2D eigenvalue weighted by molar-refractivity contribution is 9.10. The molecule has 1 aromatic carbocycles. The van der Waals surface area contributed by atoms with Gasteiger partial charge in [-0.1, -0.05) is 34.5 Å². The molecule has 3 nitrogen and oxygen atoms in total. The van der Waals surface area contributed by atoms with Crippen molar-refractivity contribution in [2.24, 2.45) is 0 Å². The Bertz CT molecular complexity index is 651. The molecule has 0 saturated carbocycles. The fraction of sp³-hybridized carbons (Fsp3) is 0.455. The highest BCUT2D eigenvalue weighted by Gasteiger charge is 2.41. The molecule has 0 aliphatic carbocycles. The first-order chi connectivity index (χ1) is 9.91. The molecule has 1 aromatic rings. The normalized spacial score (nSPS) is 14.4. The summed E-state index contributed by atoms with van der Waals surface area (Å²) in [5.74, 6) is 0. The van der Waals surface area contributed by atoms with E-state index < -0.39 is 50.6 Å². The van der Waals surface area contributed by atoms with Gasteiger partial charge in [0.05, 0.1) is 10.6 Å². The van der Waals surface area contributed by atoms with Gasteiger partial charge in [-0.15, -0.1) is 0 Å². The fourth-order valence-electron chi connectivity index (χ4n) is 1.59. The van der Waals surface area contributed by atoms with E-state index in [4.69, 9.17) is 11.6 Å². The molecule has 0 heterocycles. The molecule has 0 saturated heterocycles. The second-order valence-corrected chi connectivity index (χ2v) is 7.11. The summed E-state index contributed by atoms with van der Waals surface area (Å²) in [5, 5.41) is -0.825. The lowest BCUT2D eigenvalue weighted by Crippen LogP contribution is -2.44. The van der Waals surface area contributed by atoms with E-state index in [2.05, 4.69) is 15.9 Å². The predicted octanol–water partition coefficient (Wildman–Crippen LogP) is 4.66. The smallest absolute Gasteiger partial charge is 0.207 e. The van der Waals surface area contributed by atoms with Crippen LogP contribution in [0.2, 0.25) is 5.02 Å². The van der Waals surface area contributed by atoms with Crippen LogP contribution in [0, 0.1) is 0 Å². The lowest BCUT2D eigenvalue weighted by molar-refractivity contribution is -0.151. The van der Waals surface area contributed by atoms with Crippen LogP contribution in [0.15, 0.2) is 21.5 Å². The number of hydrogen-bond donors (Lipinski definition) is 1. The molecule has 11 heteroatoms. The third-order valence-electron chi connectivity index (χ3n) is 2.70. The van der Waals surface area contributed by atoms with Crippen molar-refractivity contribution in [3.8, 4) is 0 Å². The standard InChI is InChI=1S/C11H10BrClF5NO2S/c1-2-7(11(16,17)18)19-22(20,21)6-4-3-5(12)8(9(6)13)10(14)15/h3-4,7,10,19H,2H2,1H3. The first kappa shape index (κ1) is 19.6. The number of hydrogen-bond acceptors (Lipinski definition) is 2. The summed E-state index contributed by atoms with van der Waals surface area (Å²) in [6.07, 6.45) is -8.46. The van der Waals surface area contributed by atoms with Gasteiger partial charge >= 0.3 is 6.18 Å². The van der Waals surface area contributed by atoms with E-state index >= 15 is 0 Å². The van der Waals surface area contributed by atoms with Crippen LogP contribution in [0.3, 0.4) is 0 Å². The first-order valence-corrected chi connectivity index (χ1v) is 8.42. The Morgan fingerprint density at radius 3 is 2.27 bits per heavy atom. The van der Waals surface area contributed by atoms with Crippen molar-refractivity contribution in [2.45, 2.75) is 36.9 Å². The van der Waals surface area contributed by atoms with Crippen molar-refractivity contribution >= 4 is 37.6 Å². The number of halogens is 7. The average molecular weight is 431 g/mol. The predicted molar refractivity (Wildman–Crippen MR) is 74.6 cm³/mol. The number of sulfonamides is 1. The van der Waals surface area contributed by atoms with Gasteiger partial charge in [-0.05, 0) is 18.6 Å². The van der Waals surface area contributed by atoms with Gasteiger partial charge in [-0.2, -0.15) is 17.9 Å². The van der Waals surface area contributed by atoms with Gasteiger partial charge in [0.25, 0.3) is 6.43 Å². The van der Waals surface area contributed by atoms with Crippen molar-refractivity contribution < 1.29 is 30.4 Å². The highest BCUT2D eigenvalue weighted by atomic mass is 79.9. The molecule has 0 aliphatic rings. The quantitative estimate of drug-likeness (QED) is 0.691. The fourth-order valence-corrected chi connectivity index (χ4v) is 4.15. The molecule has 0 fully saturated rings. The van der Waals surface area contributed by atoms with Gasteiger partial charge in [0, 0.05) is 4.47 Å². The van der Waals surface area contributed by atoms with Crippen LogP contribution in [0.4, 0.5) is 22.0 Å². The Hall–Kier alpha value is -0.450. The van der Waals surface area contributed by atoms with Crippen LogP contribution in [-0.2, 0) is 10.0 Å². The number of nitrogens with one attached hydrogen (secondary N) is 1. The maximum absolute atomic E-state index is 12.9. The van der Waals surface area contributed by atoms with Crippen molar-refractivity contribution in [2.75, 3.05) is 0 Å². The van der Waals surface area contributed by atoms with Crippen molar-refractivity contribution in [1.29, 1.82) is 0 Å². The van der Waals surface area contributed by atoms with Crippen LogP contribution in [-0.4, -0.2) is 20.6 Å². The van der Waals surface area contributed by atoms with Crippen molar-refractivity contribution in [1.82, 2.24) is 4.72 Å². The lowest BCUT2D eigenvalue weighted by atomic mass is 10.2. The molecule has 1 rings (SSSR count). The number of alkyl halides is 5. The summed E-state index contributed by atoms with van der Waals surface area (Å²) in [5.41, 5.74) is -0.801. The van der Waals surface area contributed by atoms with E-state index in [1.54, 1.807) is 0 Å². The van der Waals surface area contributed by atoms with Gasteiger partial charge in [0.1, 0.15) is 10.9 Å². The van der Waals surface area contributed by atoms with Gasteiger partial charge in [0.2, 0.25) is 10.0 Å². The molecule has 0 spiro atoms. The van der Waals surface area contributed by atoms with Crippen LogP contribution >= 0.6 is 27.5 Å². The summed E-state index contributed by atoms with van der Waals surface area (Å²) < 4.78 is 89.0. The van der Waals surface area contributed by atoms with E-state index in [-0.39, 0.29) is 4.47 Å². The molecule has 1 N–H and O–H groups in total. The second-order valence-electron chi connectivity index (χ2n) is 4.20. The SMILES string of the molecule is CCC(NS(=O)(=O)c1ccc(Br)c(C(F)F)c1Cl)C(F)(F)F. The topological polar surface area (TPSA) is 46.2 Å². The monoisotopic (exact) mass is 429 g/mol. The Morgan fingerprint density at radius 1 is 1.32 bits per heavy atom. The molecule has 0 radical (unpaired) electrons. The van der Waals surface area contributed by atoms with E-state index in [0.29, 0.717) is 0 Å². The zero-order valence-corrected chi connectivity index (χ0v) is 14.0. The van der Waals surface area contributed by atoms with E-state index in [1.807, 2.05) is 0 Å². The zero-order chi connectivity index (χ0) is 17.3. The molecule has 0 aliphatic heterocycles. The molecule has 1 atom stereocenters. The summed E-state index contributed by atoms with van der Waals surface area (Å²) in [4.78, 5) is -0.838. The van der Waals surface area contributed by atoms with Crippen LogP contribution in [0.5, 0.6) is 0 Å². The van der Waals surface area contributed by atoms with Crippen LogP contribution < -0.4 is 4.72 Å². The number of rotatable bonds is 5. The Morgan fingerprint density at radius 2 is 1.86 bits per heavy atom. The lowest BCUT2D eigenvalue weighted by Gasteiger charge is -2.21. The Kier molecular flexibility index (Phi) is 6.22. The first-order valence-electron chi connectivity index (χ1n) is 5.76. The molecule has 0 amide bonds. The minimum atomic E-state index is -4.81. The molecular weight excluding hydrogens is 421 g/mol. The van der Waals surface area contributed by atoms with Crippen molar-refractivity contribution in [3.63, 3.8) is 0 Å². The maximum Gasteiger partial charge on any atom is 0.404 e. The van der Waals surface area contributed by atoms with E-state index in [0.717, 1.165) is 19.1 Å². The summed E-state index contributed by atoms with van der Waals surface area (Å²) in [6.45, 7) is 1.13. The Balaban J connectivity index is 3.33. The molecule has 1 unspecified atom stereocenters. The summed E-state index contributed by atoms with van der Waals surface area (Å²) >= 11 is 8.41. The van der Waals surface area contributed by atoms with E-state index in [9.17, 15) is 30.4 Å². The molecule has 0 bridgehead atoms. The minimum absolute atomic E-state index is 0.144. The maximum atomic E-state index is 12.9. The largest absolute Gasteiger partial charge is 0.404 e. The zero-order valence-electron chi connectivity index (χ0n) is 10.9. The Labute approximate surface area is 137 Å². The van der Waals surface area contributed by atoms with Crippen LogP contribution in [0.25, 0.3) is 0 Å². The molecular formula is C11H10BrClF5NO2S. The molecule has 22 heavy (non-hydrogen) atoms. The number of benzene rings is 1. The minimum Gasteiger partial charge on any atom is -0.207 e.